The molecule has 1 N–H and O–H groups in total. The number of hydrogen-bond acceptors (Lipinski definition) is 3. The fourth-order valence-electron chi connectivity index (χ4n) is 3.43. The molecule has 0 bridgehead atoms. The molecule has 0 saturated heterocycles. The molecular weight excluding hydrogens is 380 g/mol. The van der Waals surface area contributed by atoms with E-state index in [4.69, 9.17) is 5.26 Å². The van der Waals surface area contributed by atoms with Gasteiger partial charge in [-0.15, -0.1) is 0 Å². The summed E-state index contributed by atoms with van der Waals surface area (Å²) in [5.41, 5.74) is 3.58. The third kappa shape index (κ3) is 2.79. The highest BCUT2D eigenvalue weighted by molar-refractivity contribution is 9.10. The van der Waals surface area contributed by atoms with Crippen molar-refractivity contribution in [1.82, 2.24) is 10.3 Å². The van der Waals surface area contributed by atoms with Gasteiger partial charge in [0.05, 0.1) is 29.1 Å². The molecule has 1 atom stereocenters. The first-order valence-corrected chi connectivity index (χ1v) is 9.06. The summed E-state index contributed by atoms with van der Waals surface area (Å²) in [6.07, 6.45) is 3.98. The van der Waals surface area contributed by atoms with Crippen LogP contribution in [0, 0.1) is 11.3 Å². The van der Waals surface area contributed by atoms with Crippen molar-refractivity contribution in [2.75, 3.05) is 11.4 Å². The molecule has 25 heavy (non-hydrogen) atoms. The van der Waals surface area contributed by atoms with Crippen LogP contribution in [-0.2, 0) is 5.41 Å². The number of benzene rings is 1. The van der Waals surface area contributed by atoms with Gasteiger partial charge in [0, 0.05) is 22.6 Å². The third-order valence-electron chi connectivity index (χ3n) is 5.07. The predicted octanol–water partition coefficient (Wildman–Crippen LogP) is 4.04. The molecule has 6 heteroatoms. The van der Waals surface area contributed by atoms with Gasteiger partial charge < -0.3 is 5.32 Å². The molecular formula is C19H17BrN4O. The van der Waals surface area contributed by atoms with Gasteiger partial charge in [0.1, 0.15) is 0 Å². The third-order valence-corrected chi connectivity index (χ3v) is 5.50. The van der Waals surface area contributed by atoms with Gasteiger partial charge in [0.15, 0.2) is 0 Å². The Bertz CT molecular complexity index is 883. The van der Waals surface area contributed by atoms with E-state index in [1.807, 2.05) is 25.1 Å². The van der Waals surface area contributed by atoms with Gasteiger partial charge in [-0.25, -0.2) is 4.79 Å². The van der Waals surface area contributed by atoms with Crippen molar-refractivity contribution in [3.05, 3.63) is 57.8 Å². The number of rotatable bonds is 2. The van der Waals surface area contributed by atoms with E-state index in [1.165, 1.54) is 0 Å². The first-order valence-electron chi connectivity index (χ1n) is 8.26. The number of fused-ring (bicyclic) bond motifs is 2. The topological polar surface area (TPSA) is 69.0 Å². The Labute approximate surface area is 154 Å². The largest absolute Gasteiger partial charge is 0.331 e. The van der Waals surface area contributed by atoms with Crippen LogP contribution in [0.4, 0.5) is 10.5 Å². The number of nitrogens with zero attached hydrogens (tertiary/aromatic N) is 3. The van der Waals surface area contributed by atoms with Gasteiger partial charge in [0.2, 0.25) is 0 Å². The van der Waals surface area contributed by atoms with Crippen molar-refractivity contribution < 1.29 is 4.79 Å². The van der Waals surface area contributed by atoms with E-state index in [9.17, 15) is 4.79 Å². The van der Waals surface area contributed by atoms with Crippen molar-refractivity contribution in [2.45, 2.75) is 31.2 Å². The fraction of sp³-hybridized carbons (Fsp3) is 0.316. The van der Waals surface area contributed by atoms with Gasteiger partial charge in [-0.1, -0.05) is 12.1 Å². The van der Waals surface area contributed by atoms with Gasteiger partial charge in [-0.3, -0.25) is 9.88 Å². The minimum atomic E-state index is -0.139. The summed E-state index contributed by atoms with van der Waals surface area (Å²) in [7, 11) is 0. The lowest BCUT2D eigenvalue weighted by Crippen LogP contribution is -2.41. The number of hydrogen-bond donors (Lipinski definition) is 1. The van der Waals surface area contributed by atoms with Crippen LogP contribution >= 0.6 is 15.9 Å². The van der Waals surface area contributed by atoms with E-state index in [2.05, 4.69) is 32.3 Å². The number of nitriles is 1. The lowest BCUT2D eigenvalue weighted by Gasteiger charge is -2.22. The minimum Gasteiger partial charge on any atom is -0.331 e. The maximum absolute atomic E-state index is 12.9. The van der Waals surface area contributed by atoms with E-state index >= 15 is 0 Å². The lowest BCUT2D eigenvalue weighted by molar-refractivity contribution is 0.243. The number of amides is 2. The smallest absolute Gasteiger partial charge is 0.322 e. The molecule has 126 valence electrons. The van der Waals surface area contributed by atoms with E-state index in [-0.39, 0.29) is 17.5 Å². The van der Waals surface area contributed by atoms with E-state index in [0.717, 1.165) is 34.3 Å². The number of urea groups is 1. The summed E-state index contributed by atoms with van der Waals surface area (Å²) in [6, 6.07) is 11.1. The molecule has 0 radical (unpaired) electrons. The molecule has 2 aromatic rings. The second-order valence-electron chi connectivity index (χ2n) is 6.79. The summed E-state index contributed by atoms with van der Waals surface area (Å²) in [4.78, 5) is 19.2. The molecule has 1 fully saturated rings. The van der Waals surface area contributed by atoms with Crippen LogP contribution in [0.2, 0.25) is 0 Å². The Kier molecular flexibility index (Phi) is 3.77. The monoisotopic (exact) mass is 396 g/mol. The number of nitrogens with one attached hydrogen (secondary N) is 1. The lowest BCUT2D eigenvalue weighted by atomic mass is 10.1. The molecule has 1 spiro atoms. The summed E-state index contributed by atoms with van der Waals surface area (Å²) < 4.78 is 0.877. The Balaban J connectivity index is 1.54. The highest BCUT2D eigenvalue weighted by atomic mass is 79.9. The van der Waals surface area contributed by atoms with Crippen molar-refractivity contribution in [3.63, 3.8) is 0 Å². The standard InChI is InChI=1S/C19H17BrN4O/c1-12(14-4-2-13(9-21)3-5-14)23-18(25)24-11-19(6-7-19)17-16(24)8-15(20)10-22-17/h2-5,8,10,12H,6-7,11H2,1H3,(H,23,25)/t12-/m0/s1. The second-order valence-corrected chi connectivity index (χ2v) is 7.71. The normalized spacial score (nSPS) is 17.7. The quantitative estimate of drug-likeness (QED) is 0.832. The number of aromatic nitrogens is 1. The predicted molar refractivity (Wildman–Crippen MR) is 98.3 cm³/mol. The molecule has 1 saturated carbocycles. The van der Waals surface area contributed by atoms with Crippen LogP contribution < -0.4 is 10.2 Å². The Hall–Kier alpha value is -2.39. The van der Waals surface area contributed by atoms with Gasteiger partial charge in [-0.2, -0.15) is 5.26 Å². The fourth-order valence-corrected chi connectivity index (χ4v) is 3.74. The molecule has 1 aromatic carbocycles. The first-order chi connectivity index (χ1) is 12.0. The van der Waals surface area contributed by atoms with Crippen LogP contribution in [0.25, 0.3) is 0 Å². The van der Waals surface area contributed by atoms with Crippen LogP contribution in [0.1, 0.15) is 42.6 Å². The highest BCUT2D eigenvalue weighted by Crippen LogP contribution is 2.55. The summed E-state index contributed by atoms with van der Waals surface area (Å²) in [5, 5.41) is 12.0. The molecule has 5 nitrogen and oxygen atoms in total. The Morgan fingerprint density at radius 1 is 1.40 bits per heavy atom. The molecule has 1 aliphatic heterocycles. The zero-order chi connectivity index (χ0) is 17.6. The summed E-state index contributed by atoms with van der Waals surface area (Å²) in [6.45, 7) is 2.64. The van der Waals surface area contributed by atoms with Crippen molar-refractivity contribution in [1.29, 1.82) is 5.26 Å². The SMILES string of the molecule is C[C@H](NC(=O)N1CC2(CC2)c2ncc(Br)cc21)c1ccc(C#N)cc1. The average molecular weight is 397 g/mol. The number of halogens is 1. The maximum atomic E-state index is 12.9. The average Bonchev–Trinajstić information content (AvgIpc) is 3.32. The first kappa shape index (κ1) is 16.1. The molecule has 0 unspecified atom stereocenters. The van der Waals surface area contributed by atoms with Crippen LogP contribution in [0.5, 0.6) is 0 Å². The van der Waals surface area contributed by atoms with Crippen LogP contribution in [0.3, 0.4) is 0 Å². The van der Waals surface area contributed by atoms with E-state index in [1.54, 1.807) is 23.2 Å². The number of pyridine rings is 1. The van der Waals surface area contributed by atoms with Crippen LogP contribution in [-0.4, -0.2) is 17.6 Å². The van der Waals surface area contributed by atoms with Gasteiger partial charge in [0.25, 0.3) is 0 Å². The second kappa shape index (κ2) is 5.85. The molecule has 4 rings (SSSR count). The Morgan fingerprint density at radius 3 is 2.76 bits per heavy atom. The van der Waals surface area contributed by atoms with Crippen molar-refractivity contribution in [3.8, 4) is 6.07 Å². The zero-order valence-electron chi connectivity index (χ0n) is 13.8. The number of carbonyl (C=O) groups is 1. The number of anilines is 1. The summed E-state index contributed by atoms with van der Waals surface area (Å²) in [5.74, 6) is 0. The highest BCUT2D eigenvalue weighted by Gasteiger charge is 2.54. The molecule has 1 aliphatic carbocycles. The van der Waals surface area contributed by atoms with Crippen LogP contribution in [0.15, 0.2) is 41.0 Å². The minimum absolute atomic E-state index is 0.0606. The van der Waals surface area contributed by atoms with E-state index < -0.39 is 0 Å². The van der Waals surface area contributed by atoms with Crippen molar-refractivity contribution >= 4 is 27.6 Å². The molecule has 1 aromatic heterocycles. The van der Waals surface area contributed by atoms with Crippen molar-refractivity contribution in [2.24, 2.45) is 0 Å². The molecule has 2 heterocycles. The van der Waals surface area contributed by atoms with E-state index in [0.29, 0.717) is 12.1 Å². The molecule has 2 aliphatic rings. The molecule has 2 amide bonds. The maximum Gasteiger partial charge on any atom is 0.322 e. The number of carbonyl (C=O) groups excluding carboxylic acids is 1. The zero-order valence-corrected chi connectivity index (χ0v) is 15.4. The van der Waals surface area contributed by atoms with Gasteiger partial charge in [-0.05, 0) is 59.5 Å². The summed E-state index contributed by atoms with van der Waals surface area (Å²) >= 11 is 3.45. The Morgan fingerprint density at radius 2 is 2.12 bits per heavy atom. The van der Waals surface area contributed by atoms with Gasteiger partial charge >= 0.3 is 6.03 Å².